The second kappa shape index (κ2) is 12.1. The van der Waals surface area contributed by atoms with Crippen LogP contribution in [0.25, 0.3) is 0 Å². The minimum atomic E-state index is -0.746. The molecule has 196 valence electrons. The molecule has 0 unspecified atom stereocenters. The van der Waals surface area contributed by atoms with Crippen LogP contribution < -0.4 is 4.74 Å². The number of hydrogen-bond donors (Lipinski definition) is 0. The van der Waals surface area contributed by atoms with E-state index in [-0.39, 0.29) is 35.4 Å². The van der Waals surface area contributed by atoms with Gasteiger partial charge in [0.25, 0.3) is 0 Å². The van der Waals surface area contributed by atoms with Gasteiger partial charge in [0.15, 0.2) is 23.2 Å². The lowest BCUT2D eigenvalue weighted by Crippen LogP contribution is -2.25. The van der Waals surface area contributed by atoms with E-state index in [1.165, 1.54) is 12.1 Å². The summed E-state index contributed by atoms with van der Waals surface area (Å²) in [4.78, 5) is 12.5. The van der Waals surface area contributed by atoms with E-state index in [0.29, 0.717) is 50.0 Å². The van der Waals surface area contributed by atoms with Gasteiger partial charge in [0.2, 0.25) is 0 Å². The normalized spacial score (nSPS) is 24.4. The Morgan fingerprint density at radius 3 is 1.83 bits per heavy atom. The predicted molar refractivity (Wildman–Crippen MR) is 131 cm³/mol. The van der Waals surface area contributed by atoms with Gasteiger partial charge in [-0.15, -0.1) is 0 Å². The summed E-state index contributed by atoms with van der Waals surface area (Å²) in [7, 11) is 0. The molecule has 0 spiro atoms. The summed E-state index contributed by atoms with van der Waals surface area (Å²) in [6.07, 6.45) is 5.48. The van der Waals surface area contributed by atoms with Crippen LogP contribution in [0.3, 0.4) is 0 Å². The van der Waals surface area contributed by atoms with Crippen LogP contribution in [0.2, 0.25) is 0 Å². The van der Waals surface area contributed by atoms with E-state index in [1.54, 1.807) is 19.1 Å². The Hall–Kier alpha value is -2.54. The van der Waals surface area contributed by atoms with Crippen LogP contribution in [0.15, 0.2) is 30.3 Å². The van der Waals surface area contributed by atoms with E-state index < -0.39 is 23.4 Å². The Labute approximate surface area is 211 Å². The SMILES string of the molecule is CCOc1ccc(C(=O)OC2CCC(c3ccc(C4CCC(OCC)CC4)c(F)c3F)CC2)cc1F. The van der Waals surface area contributed by atoms with Gasteiger partial charge in [-0.1, -0.05) is 12.1 Å². The van der Waals surface area contributed by atoms with Crippen LogP contribution in [0.4, 0.5) is 13.2 Å². The van der Waals surface area contributed by atoms with Crippen LogP contribution in [0.5, 0.6) is 5.75 Å². The number of ether oxygens (including phenoxy) is 3. The van der Waals surface area contributed by atoms with E-state index in [0.717, 1.165) is 31.7 Å². The summed E-state index contributed by atoms with van der Waals surface area (Å²) in [6, 6.07) is 7.50. The van der Waals surface area contributed by atoms with Crippen molar-refractivity contribution in [1.82, 2.24) is 0 Å². The number of hydrogen-bond acceptors (Lipinski definition) is 4. The van der Waals surface area contributed by atoms with Gasteiger partial charge in [-0.25, -0.2) is 18.0 Å². The molecule has 4 rings (SSSR count). The largest absolute Gasteiger partial charge is 0.491 e. The fourth-order valence-electron chi connectivity index (χ4n) is 5.60. The van der Waals surface area contributed by atoms with Crippen LogP contribution >= 0.6 is 0 Å². The first-order chi connectivity index (χ1) is 17.4. The van der Waals surface area contributed by atoms with Gasteiger partial charge in [-0.05, 0) is 106 Å². The second-order valence-corrected chi connectivity index (χ2v) is 9.76. The Bertz CT molecular complexity index is 1040. The maximum Gasteiger partial charge on any atom is 0.338 e. The van der Waals surface area contributed by atoms with Gasteiger partial charge in [0.05, 0.1) is 18.3 Å². The highest BCUT2D eigenvalue weighted by Crippen LogP contribution is 2.40. The number of carbonyl (C=O) groups is 1. The van der Waals surface area contributed by atoms with Crippen LogP contribution in [-0.2, 0) is 9.47 Å². The van der Waals surface area contributed by atoms with Crippen molar-refractivity contribution >= 4 is 5.97 Å². The molecule has 36 heavy (non-hydrogen) atoms. The molecule has 0 atom stereocenters. The van der Waals surface area contributed by atoms with Crippen molar-refractivity contribution in [3.63, 3.8) is 0 Å². The van der Waals surface area contributed by atoms with E-state index in [9.17, 15) is 9.18 Å². The molecule has 0 saturated heterocycles. The number of carbonyl (C=O) groups excluding carboxylic acids is 1. The zero-order valence-corrected chi connectivity index (χ0v) is 21.0. The molecule has 2 fully saturated rings. The van der Waals surface area contributed by atoms with Gasteiger partial charge >= 0.3 is 5.97 Å². The van der Waals surface area contributed by atoms with Gasteiger partial charge in [-0.2, -0.15) is 0 Å². The average molecular weight is 505 g/mol. The third-order valence-corrected chi connectivity index (χ3v) is 7.51. The van der Waals surface area contributed by atoms with Crippen molar-refractivity contribution in [2.45, 2.75) is 89.3 Å². The third kappa shape index (κ3) is 6.05. The summed E-state index contributed by atoms with van der Waals surface area (Å²) in [5.74, 6) is -2.69. The molecule has 2 aliphatic carbocycles. The molecule has 0 radical (unpaired) electrons. The number of halogens is 3. The fraction of sp³-hybridized carbons (Fsp3) is 0.552. The molecule has 2 aromatic carbocycles. The van der Waals surface area contributed by atoms with Crippen molar-refractivity contribution in [3.8, 4) is 5.75 Å². The Morgan fingerprint density at radius 2 is 1.33 bits per heavy atom. The highest BCUT2D eigenvalue weighted by molar-refractivity contribution is 5.89. The molecule has 0 aliphatic heterocycles. The molecule has 0 bridgehead atoms. The number of esters is 1. The fourth-order valence-corrected chi connectivity index (χ4v) is 5.60. The lowest BCUT2D eigenvalue weighted by Gasteiger charge is -2.31. The molecule has 0 amide bonds. The van der Waals surface area contributed by atoms with Crippen LogP contribution in [-0.4, -0.2) is 31.4 Å². The molecular formula is C29H35F3O4. The zero-order chi connectivity index (χ0) is 25.7. The van der Waals surface area contributed by atoms with Gasteiger partial charge in [0.1, 0.15) is 6.10 Å². The van der Waals surface area contributed by atoms with Crippen molar-refractivity contribution in [1.29, 1.82) is 0 Å². The summed E-state index contributed by atoms with van der Waals surface area (Å²) >= 11 is 0. The molecule has 7 heteroatoms. The second-order valence-electron chi connectivity index (χ2n) is 9.76. The summed E-state index contributed by atoms with van der Waals surface area (Å²) in [5.41, 5.74) is 0.992. The van der Waals surface area contributed by atoms with E-state index >= 15 is 8.78 Å². The molecule has 0 heterocycles. The molecule has 0 N–H and O–H groups in total. The van der Waals surface area contributed by atoms with E-state index in [1.807, 2.05) is 6.92 Å². The number of rotatable bonds is 8. The minimum Gasteiger partial charge on any atom is -0.491 e. The van der Waals surface area contributed by atoms with Crippen molar-refractivity contribution < 1.29 is 32.2 Å². The first-order valence-corrected chi connectivity index (χ1v) is 13.1. The monoisotopic (exact) mass is 504 g/mol. The highest BCUT2D eigenvalue weighted by atomic mass is 19.2. The zero-order valence-electron chi connectivity index (χ0n) is 21.0. The summed E-state index contributed by atoms with van der Waals surface area (Å²) in [5, 5.41) is 0. The smallest absolute Gasteiger partial charge is 0.338 e. The summed E-state index contributed by atoms with van der Waals surface area (Å²) < 4.78 is 60.7. The molecule has 0 aromatic heterocycles. The molecule has 2 aliphatic rings. The molecular weight excluding hydrogens is 469 g/mol. The van der Waals surface area contributed by atoms with Gasteiger partial charge < -0.3 is 14.2 Å². The Balaban J connectivity index is 1.33. The molecule has 2 aromatic rings. The van der Waals surface area contributed by atoms with Crippen LogP contribution in [0, 0.1) is 17.5 Å². The minimum absolute atomic E-state index is 0.0212. The highest BCUT2D eigenvalue weighted by Gasteiger charge is 2.31. The first-order valence-electron chi connectivity index (χ1n) is 13.1. The lowest BCUT2D eigenvalue weighted by molar-refractivity contribution is 0.0193. The van der Waals surface area contributed by atoms with E-state index in [2.05, 4.69) is 0 Å². The topological polar surface area (TPSA) is 44.8 Å². The van der Waals surface area contributed by atoms with Gasteiger partial charge in [-0.3, -0.25) is 0 Å². The first kappa shape index (κ1) is 26.5. The predicted octanol–water partition coefficient (Wildman–Crippen LogP) is 7.45. The quantitative estimate of drug-likeness (QED) is 0.350. The molecule has 4 nitrogen and oxygen atoms in total. The third-order valence-electron chi connectivity index (χ3n) is 7.51. The van der Waals surface area contributed by atoms with E-state index in [4.69, 9.17) is 14.2 Å². The van der Waals surface area contributed by atoms with Crippen LogP contribution in [0.1, 0.15) is 98.5 Å². The molecule has 2 saturated carbocycles. The van der Waals surface area contributed by atoms with Crippen molar-refractivity contribution in [3.05, 3.63) is 64.5 Å². The summed E-state index contributed by atoms with van der Waals surface area (Å²) in [6.45, 7) is 4.73. The standard InChI is InChI=1S/C29H35F3O4/c1-3-34-21-10-5-18(6-11-21)23-14-15-24(28(32)27(23)31)19-7-12-22(13-8-19)36-29(33)20-9-16-26(35-4-2)25(30)17-20/h9,14-19,21-22H,3-8,10-13H2,1-2H3. The number of benzene rings is 2. The maximum atomic E-state index is 15.1. The lowest BCUT2D eigenvalue weighted by atomic mass is 9.79. The average Bonchev–Trinajstić information content (AvgIpc) is 2.88. The van der Waals surface area contributed by atoms with Crippen molar-refractivity contribution in [2.75, 3.05) is 13.2 Å². The maximum absolute atomic E-state index is 15.1. The Kier molecular flexibility index (Phi) is 8.94. The van der Waals surface area contributed by atoms with Gasteiger partial charge in [0, 0.05) is 6.61 Å². The Morgan fingerprint density at radius 1 is 0.778 bits per heavy atom. The van der Waals surface area contributed by atoms with Crippen molar-refractivity contribution in [2.24, 2.45) is 0 Å².